The average Bonchev–Trinajstić information content (AvgIpc) is 2.42. The van der Waals surface area contributed by atoms with Gasteiger partial charge in [0.15, 0.2) is 0 Å². The summed E-state index contributed by atoms with van der Waals surface area (Å²) in [6, 6.07) is 8.76. The lowest BCUT2D eigenvalue weighted by molar-refractivity contribution is -0.0522. The lowest BCUT2D eigenvalue weighted by Crippen LogP contribution is -2.38. The van der Waals surface area contributed by atoms with Gasteiger partial charge in [0, 0.05) is 6.61 Å². The Morgan fingerprint density at radius 1 is 1.28 bits per heavy atom. The number of aliphatic hydroxyl groups excluding tert-OH is 2. The van der Waals surface area contributed by atoms with Crippen LogP contribution in [0.2, 0.25) is 0 Å². The van der Waals surface area contributed by atoms with E-state index in [1.807, 2.05) is 6.07 Å². The van der Waals surface area contributed by atoms with E-state index in [0.29, 0.717) is 18.4 Å². The van der Waals surface area contributed by atoms with Crippen molar-refractivity contribution in [2.24, 2.45) is 5.92 Å². The van der Waals surface area contributed by atoms with Crippen molar-refractivity contribution in [1.29, 1.82) is 0 Å². The molecule has 0 aromatic heterocycles. The Hall–Kier alpha value is -1.39. The molecule has 18 heavy (non-hydrogen) atoms. The quantitative estimate of drug-likeness (QED) is 0.795. The number of carbonyl (C=O) groups excluding carboxylic acids is 1. The van der Waals surface area contributed by atoms with Crippen LogP contribution in [0.15, 0.2) is 30.3 Å². The molecule has 0 amide bonds. The second-order valence-electron chi connectivity index (χ2n) is 4.74. The summed E-state index contributed by atoms with van der Waals surface area (Å²) in [7, 11) is 0. The van der Waals surface area contributed by atoms with Crippen LogP contribution in [0, 0.1) is 5.92 Å². The SMILES string of the molecule is O=C(OC1CCC(CO)CC1O)c1ccccc1. The van der Waals surface area contributed by atoms with Crippen molar-refractivity contribution in [2.75, 3.05) is 6.61 Å². The lowest BCUT2D eigenvalue weighted by atomic mass is 9.86. The number of benzene rings is 1. The fourth-order valence-electron chi connectivity index (χ4n) is 2.29. The summed E-state index contributed by atoms with van der Waals surface area (Å²) < 4.78 is 5.31. The minimum Gasteiger partial charge on any atom is -0.456 e. The maximum atomic E-state index is 11.8. The first-order valence-electron chi connectivity index (χ1n) is 6.25. The van der Waals surface area contributed by atoms with E-state index >= 15 is 0 Å². The van der Waals surface area contributed by atoms with Crippen LogP contribution >= 0.6 is 0 Å². The molecule has 1 aromatic carbocycles. The first-order chi connectivity index (χ1) is 8.70. The highest BCUT2D eigenvalue weighted by Crippen LogP contribution is 2.26. The van der Waals surface area contributed by atoms with Crippen LogP contribution < -0.4 is 0 Å². The van der Waals surface area contributed by atoms with E-state index in [0.717, 1.165) is 6.42 Å². The van der Waals surface area contributed by atoms with Gasteiger partial charge in [0.25, 0.3) is 0 Å². The molecule has 1 saturated carbocycles. The number of ether oxygens (including phenoxy) is 1. The summed E-state index contributed by atoms with van der Waals surface area (Å²) in [5.74, 6) is -0.284. The van der Waals surface area contributed by atoms with Crippen LogP contribution in [0.1, 0.15) is 29.6 Å². The summed E-state index contributed by atoms with van der Waals surface area (Å²) in [6.07, 6.45) is 0.734. The fourth-order valence-corrected chi connectivity index (χ4v) is 2.29. The summed E-state index contributed by atoms with van der Waals surface area (Å²) in [6.45, 7) is 0.0798. The molecule has 2 rings (SSSR count). The van der Waals surface area contributed by atoms with Crippen LogP contribution in [-0.4, -0.2) is 35.0 Å². The Labute approximate surface area is 106 Å². The molecule has 98 valence electrons. The molecule has 3 unspecified atom stereocenters. The molecule has 1 fully saturated rings. The van der Waals surface area contributed by atoms with Gasteiger partial charge >= 0.3 is 5.97 Å². The van der Waals surface area contributed by atoms with E-state index < -0.39 is 18.2 Å². The molecular weight excluding hydrogens is 232 g/mol. The summed E-state index contributed by atoms with van der Waals surface area (Å²) in [5.41, 5.74) is 0.494. The zero-order valence-corrected chi connectivity index (χ0v) is 10.2. The molecule has 0 saturated heterocycles. The molecule has 0 heterocycles. The average molecular weight is 250 g/mol. The van der Waals surface area contributed by atoms with Gasteiger partial charge in [-0.3, -0.25) is 0 Å². The van der Waals surface area contributed by atoms with Gasteiger partial charge in [0.2, 0.25) is 0 Å². The Kier molecular flexibility index (Phi) is 4.33. The van der Waals surface area contributed by atoms with Crippen LogP contribution in [0.25, 0.3) is 0 Å². The van der Waals surface area contributed by atoms with Gasteiger partial charge < -0.3 is 14.9 Å². The number of hydrogen-bond donors (Lipinski definition) is 2. The number of esters is 1. The third kappa shape index (κ3) is 3.09. The zero-order chi connectivity index (χ0) is 13.0. The predicted molar refractivity (Wildman–Crippen MR) is 66.1 cm³/mol. The second-order valence-corrected chi connectivity index (χ2v) is 4.74. The molecule has 3 atom stereocenters. The van der Waals surface area contributed by atoms with Gasteiger partial charge in [0.1, 0.15) is 6.10 Å². The van der Waals surface area contributed by atoms with Crippen molar-refractivity contribution in [2.45, 2.75) is 31.5 Å². The van der Waals surface area contributed by atoms with E-state index in [9.17, 15) is 9.90 Å². The van der Waals surface area contributed by atoms with Crippen molar-refractivity contribution < 1.29 is 19.7 Å². The second kappa shape index (κ2) is 5.98. The van der Waals surface area contributed by atoms with Crippen LogP contribution in [0.4, 0.5) is 0 Å². The largest absolute Gasteiger partial charge is 0.456 e. The number of rotatable bonds is 3. The first kappa shape index (κ1) is 13.1. The van der Waals surface area contributed by atoms with Gasteiger partial charge in [-0.25, -0.2) is 4.79 Å². The molecule has 0 bridgehead atoms. The number of aliphatic hydroxyl groups is 2. The van der Waals surface area contributed by atoms with E-state index in [1.54, 1.807) is 24.3 Å². The topological polar surface area (TPSA) is 66.8 Å². The molecular formula is C14H18O4. The molecule has 4 nitrogen and oxygen atoms in total. The number of carbonyl (C=O) groups is 1. The summed E-state index contributed by atoms with van der Waals surface area (Å²) in [5, 5.41) is 18.9. The smallest absolute Gasteiger partial charge is 0.338 e. The summed E-state index contributed by atoms with van der Waals surface area (Å²) in [4.78, 5) is 11.8. The Balaban J connectivity index is 1.92. The highest BCUT2D eigenvalue weighted by Gasteiger charge is 2.31. The first-order valence-corrected chi connectivity index (χ1v) is 6.25. The highest BCUT2D eigenvalue weighted by atomic mass is 16.6. The van der Waals surface area contributed by atoms with Crippen LogP contribution in [0.3, 0.4) is 0 Å². The molecule has 0 radical (unpaired) electrons. The maximum Gasteiger partial charge on any atom is 0.338 e. The van der Waals surface area contributed by atoms with Crippen molar-refractivity contribution in [1.82, 2.24) is 0 Å². The number of hydrogen-bond acceptors (Lipinski definition) is 4. The van der Waals surface area contributed by atoms with Gasteiger partial charge in [-0.15, -0.1) is 0 Å². The molecule has 1 aliphatic carbocycles. The van der Waals surface area contributed by atoms with Gasteiger partial charge in [-0.2, -0.15) is 0 Å². The maximum absolute atomic E-state index is 11.8. The molecule has 1 aromatic rings. The van der Waals surface area contributed by atoms with E-state index in [2.05, 4.69) is 0 Å². The van der Waals surface area contributed by atoms with Crippen LogP contribution in [0.5, 0.6) is 0 Å². The predicted octanol–water partition coefficient (Wildman–Crippen LogP) is 1.37. The van der Waals surface area contributed by atoms with Crippen molar-refractivity contribution in [3.05, 3.63) is 35.9 Å². The molecule has 1 aliphatic rings. The minimum atomic E-state index is -0.677. The third-order valence-corrected chi connectivity index (χ3v) is 3.39. The van der Waals surface area contributed by atoms with Gasteiger partial charge in [-0.1, -0.05) is 18.2 Å². The van der Waals surface area contributed by atoms with E-state index in [-0.39, 0.29) is 12.5 Å². The highest BCUT2D eigenvalue weighted by molar-refractivity contribution is 5.89. The van der Waals surface area contributed by atoms with Gasteiger partial charge in [0.05, 0.1) is 11.7 Å². The Bertz CT molecular complexity index is 390. The molecule has 4 heteroatoms. The van der Waals surface area contributed by atoms with E-state index in [4.69, 9.17) is 9.84 Å². The normalized spacial score (nSPS) is 27.8. The molecule has 0 aliphatic heterocycles. The van der Waals surface area contributed by atoms with Gasteiger partial charge in [-0.05, 0) is 37.3 Å². The molecule has 2 N–H and O–H groups in total. The Morgan fingerprint density at radius 3 is 2.61 bits per heavy atom. The summed E-state index contributed by atoms with van der Waals surface area (Å²) >= 11 is 0. The van der Waals surface area contributed by atoms with Crippen molar-refractivity contribution >= 4 is 5.97 Å². The standard InChI is InChI=1S/C14H18O4/c15-9-10-6-7-13(12(16)8-10)18-14(17)11-4-2-1-3-5-11/h1-5,10,12-13,15-16H,6-9H2. The zero-order valence-electron chi connectivity index (χ0n) is 10.2. The Morgan fingerprint density at radius 2 is 2.00 bits per heavy atom. The third-order valence-electron chi connectivity index (χ3n) is 3.39. The minimum absolute atomic E-state index is 0.0798. The van der Waals surface area contributed by atoms with Crippen LogP contribution in [-0.2, 0) is 4.74 Å². The molecule has 0 spiro atoms. The lowest BCUT2D eigenvalue weighted by Gasteiger charge is -2.31. The van der Waals surface area contributed by atoms with Crippen molar-refractivity contribution in [3.8, 4) is 0 Å². The monoisotopic (exact) mass is 250 g/mol. The van der Waals surface area contributed by atoms with E-state index in [1.165, 1.54) is 0 Å². The fraction of sp³-hybridized carbons (Fsp3) is 0.500. The van der Waals surface area contributed by atoms with Crippen molar-refractivity contribution in [3.63, 3.8) is 0 Å².